The van der Waals surface area contributed by atoms with E-state index < -0.39 is 0 Å². The first-order valence-electron chi connectivity index (χ1n) is 6.94. The van der Waals surface area contributed by atoms with Gasteiger partial charge in [0.25, 0.3) is 0 Å². The molecule has 18 heavy (non-hydrogen) atoms. The molecule has 2 nitrogen and oxygen atoms in total. The highest BCUT2D eigenvalue weighted by Gasteiger charge is 2.09. The smallest absolute Gasteiger partial charge is 0.313 e. The predicted molar refractivity (Wildman–Crippen MR) is 74.8 cm³/mol. The summed E-state index contributed by atoms with van der Waals surface area (Å²) in [5, 5.41) is 0. The lowest BCUT2D eigenvalue weighted by molar-refractivity contribution is -0.137. The van der Waals surface area contributed by atoms with E-state index in [-0.39, 0.29) is 11.9 Å². The molecule has 0 saturated heterocycles. The van der Waals surface area contributed by atoms with Crippen molar-refractivity contribution >= 4 is 5.97 Å². The molecular formula is C16H24O2. The standard InChI is InChI=1S/C16H24O2/c1-4-5-6-7-8-14-9-11-15(12-10-14)18-16(17)13(2)3/h9-13H,4-8H2,1-3H3. The van der Waals surface area contributed by atoms with Gasteiger partial charge in [-0.2, -0.15) is 0 Å². The Labute approximate surface area is 110 Å². The van der Waals surface area contributed by atoms with E-state index in [1.54, 1.807) is 0 Å². The maximum absolute atomic E-state index is 11.4. The number of hydrogen-bond donors (Lipinski definition) is 0. The Kier molecular flexibility index (Phi) is 6.48. The molecule has 0 radical (unpaired) electrons. The number of aryl methyl sites for hydroxylation is 1. The zero-order valence-electron chi connectivity index (χ0n) is 11.7. The molecule has 0 bridgehead atoms. The van der Waals surface area contributed by atoms with E-state index in [9.17, 15) is 4.79 Å². The number of rotatable bonds is 7. The highest BCUT2D eigenvalue weighted by Crippen LogP contribution is 2.15. The van der Waals surface area contributed by atoms with Gasteiger partial charge in [0.1, 0.15) is 5.75 Å². The Bertz CT molecular complexity index is 352. The molecule has 0 aliphatic heterocycles. The molecule has 0 aliphatic carbocycles. The van der Waals surface area contributed by atoms with Gasteiger partial charge in [-0.25, -0.2) is 0 Å². The van der Waals surface area contributed by atoms with Gasteiger partial charge in [-0.3, -0.25) is 4.79 Å². The first-order valence-corrected chi connectivity index (χ1v) is 6.94. The van der Waals surface area contributed by atoms with E-state index in [0.717, 1.165) is 6.42 Å². The normalized spacial score (nSPS) is 10.7. The van der Waals surface area contributed by atoms with Crippen LogP contribution in [0.15, 0.2) is 24.3 Å². The number of hydrogen-bond acceptors (Lipinski definition) is 2. The number of benzene rings is 1. The third-order valence-electron chi connectivity index (χ3n) is 2.93. The average molecular weight is 248 g/mol. The van der Waals surface area contributed by atoms with Crippen LogP contribution in [0.25, 0.3) is 0 Å². The van der Waals surface area contributed by atoms with Crippen molar-refractivity contribution in [1.29, 1.82) is 0 Å². The van der Waals surface area contributed by atoms with E-state index in [1.807, 2.05) is 26.0 Å². The quantitative estimate of drug-likeness (QED) is 0.407. The van der Waals surface area contributed by atoms with Crippen molar-refractivity contribution in [2.45, 2.75) is 52.9 Å². The van der Waals surface area contributed by atoms with Crippen LogP contribution in [0, 0.1) is 5.92 Å². The molecule has 0 aromatic heterocycles. The minimum Gasteiger partial charge on any atom is -0.426 e. The van der Waals surface area contributed by atoms with Crippen LogP contribution < -0.4 is 4.74 Å². The lowest BCUT2D eigenvalue weighted by atomic mass is 10.1. The molecular weight excluding hydrogens is 224 g/mol. The van der Waals surface area contributed by atoms with E-state index in [1.165, 1.54) is 31.2 Å². The van der Waals surface area contributed by atoms with Crippen molar-refractivity contribution in [3.63, 3.8) is 0 Å². The van der Waals surface area contributed by atoms with E-state index in [0.29, 0.717) is 5.75 Å². The van der Waals surface area contributed by atoms with Crippen LogP contribution >= 0.6 is 0 Å². The van der Waals surface area contributed by atoms with Gasteiger partial charge in [-0.05, 0) is 30.5 Å². The van der Waals surface area contributed by atoms with E-state index >= 15 is 0 Å². The summed E-state index contributed by atoms with van der Waals surface area (Å²) in [5.41, 5.74) is 1.32. The lowest BCUT2D eigenvalue weighted by Crippen LogP contribution is -2.14. The average Bonchev–Trinajstić information content (AvgIpc) is 2.36. The molecule has 1 aromatic carbocycles. The van der Waals surface area contributed by atoms with Crippen molar-refractivity contribution in [2.24, 2.45) is 5.92 Å². The van der Waals surface area contributed by atoms with Gasteiger partial charge in [0.15, 0.2) is 0 Å². The summed E-state index contributed by atoms with van der Waals surface area (Å²) in [7, 11) is 0. The molecule has 0 N–H and O–H groups in total. The topological polar surface area (TPSA) is 26.3 Å². The summed E-state index contributed by atoms with van der Waals surface area (Å²) in [5.74, 6) is 0.385. The molecule has 1 aromatic rings. The molecule has 0 aliphatic rings. The van der Waals surface area contributed by atoms with Crippen LogP contribution in [0.1, 0.15) is 52.0 Å². The fourth-order valence-electron chi connectivity index (χ4n) is 1.71. The largest absolute Gasteiger partial charge is 0.426 e. The SMILES string of the molecule is CCCCCCc1ccc(OC(=O)C(C)C)cc1. The van der Waals surface area contributed by atoms with E-state index in [2.05, 4.69) is 19.1 Å². The minimum atomic E-state index is -0.175. The maximum atomic E-state index is 11.4. The minimum absolute atomic E-state index is 0.0845. The van der Waals surface area contributed by atoms with E-state index in [4.69, 9.17) is 4.74 Å². The summed E-state index contributed by atoms with van der Waals surface area (Å²) >= 11 is 0. The Morgan fingerprint density at radius 2 is 1.78 bits per heavy atom. The first-order chi connectivity index (χ1) is 8.63. The lowest BCUT2D eigenvalue weighted by Gasteiger charge is -2.07. The van der Waals surface area contributed by atoms with Gasteiger partial charge in [-0.15, -0.1) is 0 Å². The van der Waals surface area contributed by atoms with Crippen LogP contribution in [0.5, 0.6) is 5.75 Å². The summed E-state index contributed by atoms with van der Waals surface area (Å²) in [6, 6.07) is 7.87. The van der Waals surface area contributed by atoms with Gasteiger partial charge in [-0.1, -0.05) is 52.2 Å². The highest BCUT2D eigenvalue weighted by molar-refractivity contribution is 5.74. The molecule has 0 spiro atoms. The Hall–Kier alpha value is -1.31. The van der Waals surface area contributed by atoms with Gasteiger partial charge in [0.05, 0.1) is 5.92 Å². The molecule has 0 unspecified atom stereocenters. The van der Waals surface area contributed by atoms with Crippen molar-refractivity contribution in [2.75, 3.05) is 0 Å². The number of carbonyl (C=O) groups excluding carboxylic acids is 1. The molecule has 1 rings (SSSR count). The molecule has 0 heterocycles. The number of unbranched alkanes of at least 4 members (excludes halogenated alkanes) is 3. The van der Waals surface area contributed by atoms with Crippen molar-refractivity contribution in [3.05, 3.63) is 29.8 Å². The van der Waals surface area contributed by atoms with Gasteiger partial charge in [0.2, 0.25) is 0 Å². The second kappa shape index (κ2) is 7.91. The third-order valence-corrected chi connectivity index (χ3v) is 2.93. The fourth-order valence-corrected chi connectivity index (χ4v) is 1.71. The summed E-state index contributed by atoms with van der Waals surface area (Å²) in [6.07, 6.45) is 6.21. The molecule has 100 valence electrons. The monoisotopic (exact) mass is 248 g/mol. The second-order valence-corrected chi connectivity index (χ2v) is 5.03. The third kappa shape index (κ3) is 5.35. The van der Waals surface area contributed by atoms with Crippen molar-refractivity contribution < 1.29 is 9.53 Å². The molecule has 0 fully saturated rings. The Morgan fingerprint density at radius 1 is 1.11 bits per heavy atom. The zero-order chi connectivity index (χ0) is 13.4. The van der Waals surface area contributed by atoms with Crippen LogP contribution in [0.2, 0.25) is 0 Å². The van der Waals surface area contributed by atoms with Crippen LogP contribution in [0.3, 0.4) is 0 Å². The van der Waals surface area contributed by atoms with Crippen molar-refractivity contribution in [1.82, 2.24) is 0 Å². The second-order valence-electron chi connectivity index (χ2n) is 5.03. The fraction of sp³-hybridized carbons (Fsp3) is 0.562. The van der Waals surface area contributed by atoms with Crippen LogP contribution in [0.4, 0.5) is 0 Å². The van der Waals surface area contributed by atoms with Gasteiger partial charge < -0.3 is 4.74 Å². The molecule has 2 heteroatoms. The summed E-state index contributed by atoms with van der Waals surface area (Å²) in [6.45, 7) is 5.90. The summed E-state index contributed by atoms with van der Waals surface area (Å²) in [4.78, 5) is 11.4. The number of carbonyl (C=O) groups is 1. The Balaban J connectivity index is 2.40. The zero-order valence-corrected chi connectivity index (χ0v) is 11.7. The highest BCUT2D eigenvalue weighted by atomic mass is 16.5. The molecule has 0 atom stereocenters. The predicted octanol–water partition coefficient (Wildman–Crippen LogP) is 4.37. The summed E-state index contributed by atoms with van der Waals surface area (Å²) < 4.78 is 5.23. The Morgan fingerprint density at radius 3 is 2.33 bits per heavy atom. The van der Waals surface area contributed by atoms with Gasteiger partial charge in [0, 0.05) is 0 Å². The van der Waals surface area contributed by atoms with Crippen LogP contribution in [-0.2, 0) is 11.2 Å². The molecule has 0 amide bonds. The maximum Gasteiger partial charge on any atom is 0.313 e. The number of ether oxygens (including phenoxy) is 1. The van der Waals surface area contributed by atoms with Crippen molar-refractivity contribution in [3.8, 4) is 5.75 Å². The number of esters is 1. The molecule has 0 saturated carbocycles. The van der Waals surface area contributed by atoms with Crippen LogP contribution in [-0.4, -0.2) is 5.97 Å². The van der Waals surface area contributed by atoms with Gasteiger partial charge >= 0.3 is 5.97 Å². The first kappa shape index (κ1) is 14.7.